The fraction of sp³-hybridized carbons (Fsp3) is 0.476. The number of hydrogen-bond donors (Lipinski definition) is 0. The number of aromatic nitrogens is 4. The molecule has 3 aromatic rings. The minimum absolute atomic E-state index is 0.305. The Labute approximate surface area is 160 Å². The summed E-state index contributed by atoms with van der Waals surface area (Å²) in [7, 11) is 0. The molecular weight excluding hydrogens is 338 g/mol. The van der Waals surface area contributed by atoms with Gasteiger partial charge in [-0.05, 0) is 36.6 Å². The number of likely N-dealkylation sites (tertiary alicyclic amines) is 1. The Hall–Kier alpha value is -2.47. The third-order valence-corrected chi connectivity index (χ3v) is 5.13. The highest BCUT2D eigenvalue weighted by Gasteiger charge is 2.26. The molecule has 27 heavy (non-hydrogen) atoms. The summed E-state index contributed by atoms with van der Waals surface area (Å²) >= 11 is 0. The van der Waals surface area contributed by atoms with E-state index < -0.39 is 0 Å². The molecule has 4 rings (SSSR count). The van der Waals surface area contributed by atoms with E-state index in [1.807, 2.05) is 23.1 Å². The molecule has 0 spiro atoms. The molecule has 0 aliphatic carbocycles. The highest BCUT2D eigenvalue weighted by atomic mass is 16.5. The Kier molecular flexibility index (Phi) is 5.34. The van der Waals surface area contributed by atoms with Gasteiger partial charge in [-0.15, -0.1) is 0 Å². The van der Waals surface area contributed by atoms with Crippen LogP contribution in [0.1, 0.15) is 61.4 Å². The summed E-state index contributed by atoms with van der Waals surface area (Å²) in [5.74, 6) is 2.26. The number of rotatable bonds is 6. The lowest BCUT2D eigenvalue weighted by Crippen LogP contribution is -2.34. The number of nitrogens with zero attached hydrogens (tertiary/aromatic N) is 5. The van der Waals surface area contributed by atoms with Crippen molar-refractivity contribution in [2.75, 3.05) is 13.1 Å². The smallest absolute Gasteiger partial charge is 0.231 e. The van der Waals surface area contributed by atoms with Crippen molar-refractivity contribution in [1.82, 2.24) is 24.8 Å². The summed E-state index contributed by atoms with van der Waals surface area (Å²) < 4.78 is 7.50. The molecule has 6 nitrogen and oxygen atoms in total. The minimum atomic E-state index is 0.305. The maximum Gasteiger partial charge on any atom is 0.231 e. The van der Waals surface area contributed by atoms with Crippen molar-refractivity contribution >= 4 is 0 Å². The Bertz CT molecular complexity index is 855. The van der Waals surface area contributed by atoms with Crippen molar-refractivity contribution in [2.24, 2.45) is 0 Å². The zero-order valence-electron chi connectivity index (χ0n) is 16.1. The third kappa shape index (κ3) is 4.45. The van der Waals surface area contributed by atoms with E-state index in [-0.39, 0.29) is 0 Å². The molecule has 1 aliphatic heterocycles. The lowest BCUT2D eigenvalue weighted by molar-refractivity contribution is 0.180. The Morgan fingerprint density at radius 1 is 1.19 bits per heavy atom. The van der Waals surface area contributed by atoms with Gasteiger partial charge in [-0.3, -0.25) is 9.58 Å². The first-order valence-electron chi connectivity index (χ1n) is 9.78. The van der Waals surface area contributed by atoms with Gasteiger partial charge in [-0.2, -0.15) is 10.1 Å². The summed E-state index contributed by atoms with van der Waals surface area (Å²) in [4.78, 5) is 7.12. The number of hydrogen-bond acceptors (Lipinski definition) is 5. The normalized spacial score (nSPS) is 18.3. The summed E-state index contributed by atoms with van der Waals surface area (Å²) in [5.41, 5.74) is 2.62. The van der Waals surface area contributed by atoms with Gasteiger partial charge in [0.15, 0.2) is 5.82 Å². The molecule has 142 valence electrons. The Morgan fingerprint density at radius 2 is 2.04 bits per heavy atom. The maximum absolute atomic E-state index is 5.54. The van der Waals surface area contributed by atoms with Crippen LogP contribution in [-0.4, -0.2) is 37.9 Å². The van der Waals surface area contributed by atoms with Crippen molar-refractivity contribution in [1.29, 1.82) is 0 Å². The van der Waals surface area contributed by atoms with Crippen LogP contribution in [0.15, 0.2) is 47.2 Å². The molecule has 0 unspecified atom stereocenters. The monoisotopic (exact) mass is 365 g/mol. The molecule has 1 atom stereocenters. The van der Waals surface area contributed by atoms with Crippen LogP contribution >= 0.6 is 0 Å². The molecule has 0 N–H and O–H groups in total. The first kappa shape index (κ1) is 17.9. The van der Waals surface area contributed by atoms with Crippen LogP contribution in [0.4, 0.5) is 0 Å². The van der Waals surface area contributed by atoms with Crippen LogP contribution in [-0.2, 0) is 13.1 Å². The van der Waals surface area contributed by atoms with E-state index in [0.717, 1.165) is 50.7 Å². The fourth-order valence-corrected chi connectivity index (χ4v) is 3.71. The molecule has 1 aliphatic rings. The standard InChI is InChI=1S/C21H27N5O/c1-16(2)20-23-21(27-24-20)19-8-4-10-25(15-19)13-17-6-3-7-18(12-17)14-26-11-5-9-22-26/h3,5-7,9,11-12,16,19H,4,8,10,13-15H2,1-2H3/t19-/m0/s1. The van der Waals surface area contributed by atoms with Gasteiger partial charge < -0.3 is 4.52 Å². The fourth-order valence-electron chi connectivity index (χ4n) is 3.71. The van der Waals surface area contributed by atoms with Crippen molar-refractivity contribution in [2.45, 2.75) is 51.6 Å². The molecule has 1 saturated heterocycles. The lowest BCUT2D eigenvalue weighted by atomic mass is 9.97. The molecule has 1 fully saturated rings. The topological polar surface area (TPSA) is 60.0 Å². The average Bonchev–Trinajstić information content (AvgIpc) is 3.34. The molecule has 0 saturated carbocycles. The van der Waals surface area contributed by atoms with Crippen molar-refractivity contribution in [3.05, 3.63) is 65.6 Å². The SMILES string of the molecule is CC(C)c1noc([C@H]2CCCN(Cc3cccc(Cn4cccn4)c3)C2)n1. The van der Waals surface area contributed by atoms with E-state index in [4.69, 9.17) is 4.52 Å². The van der Waals surface area contributed by atoms with E-state index in [2.05, 4.69) is 58.3 Å². The van der Waals surface area contributed by atoms with Crippen molar-refractivity contribution in [3.63, 3.8) is 0 Å². The zero-order chi connectivity index (χ0) is 18.6. The van der Waals surface area contributed by atoms with Gasteiger partial charge in [0.1, 0.15) is 0 Å². The summed E-state index contributed by atoms with van der Waals surface area (Å²) in [5, 5.41) is 8.43. The molecule has 2 aromatic heterocycles. The molecular formula is C21H27N5O. The molecule has 0 bridgehead atoms. The van der Waals surface area contributed by atoms with E-state index in [1.165, 1.54) is 11.1 Å². The van der Waals surface area contributed by atoms with Gasteiger partial charge in [0.2, 0.25) is 5.89 Å². The summed E-state index contributed by atoms with van der Waals surface area (Å²) in [6.07, 6.45) is 6.10. The van der Waals surface area contributed by atoms with Gasteiger partial charge in [0, 0.05) is 31.4 Å². The predicted molar refractivity (Wildman–Crippen MR) is 103 cm³/mol. The van der Waals surface area contributed by atoms with Gasteiger partial charge >= 0.3 is 0 Å². The van der Waals surface area contributed by atoms with Gasteiger partial charge in [0.05, 0.1) is 12.5 Å². The predicted octanol–water partition coefficient (Wildman–Crippen LogP) is 3.82. The van der Waals surface area contributed by atoms with Crippen LogP contribution in [0.25, 0.3) is 0 Å². The van der Waals surface area contributed by atoms with Crippen molar-refractivity contribution in [3.8, 4) is 0 Å². The van der Waals surface area contributed by atoms with Gasteiger partial charge in [-0.1, -0.05) is 43.3 Å². The molecule has 6 heteroatoms. The minimum Gasteiger partial charge on any atom is -0.339 e. The summed E-state index contributed by atoms with van der Waals surface area (Å²) in [6, 6.07) is 10.8. The number of piperidine rings is 1. The second kappa shape index (κ2) is 8.05. The number of benzene rings is 1. The maximum atomic E-state index is 5.54. The first-order chi connectivity index (χ1) is 13.2. The van der Waals surface area contributed by atoms with E-state index >= 15 is 0 Å². The third-order valence-electron chi connectivity index (χ3n) is 5.13. The highest BCUT2D eigenvalue weighted by Crippen LogP contribution is 2.27. The van der Waals surface area contributed by atoms with Crippen LogP contribution in [0.5, 0.6) is 0 Å². The quantitative estimate of drug-likeness (QED) is 0.665. The molecule has 0 radical (unpaired) electrons. The average molecular weight is 365 g/mol. The molecule has 1 aromatic carbocycles. The van der Waals surface area contributed by atoms with Crippen LogP contribution in [0.2, 0.25) is 0 Å². The Morgan fingerprint density at radius 3 is 2.78 bits per heavy atom. The van der Waals surface area contributed by atoms with Gasteiger partial charge in [-0.25, -0.2) is 0 Å². The van der Waals surface area contributed by atoms with Crippen LogP contribution in [0.3, 0.4) is 0 Å². The van der Waals surface area contributed by atoms with Crippen LogP contribution in [0, 0.1) is 0 Å². The largest absolute Gasteiger partial charge is 0.339 e. The first-order valence-corrected chi connectivity index (χ1v) is 9.78. The van der Waals surface area contributed by atoms with E-state index in [0.29, 0.717) is 11.8 Å². The van der Waals surface area contributed by atoms with E-state index in [1.54, 1.807) is 0 Å². The highest BCUT2D eigenvalue weighted by molar-refractivity contribution is 5.23. The van der Waals surface area contributed by atoms with Crippen molar-refractivity contribution < 1.29 is 4.52 Å². The second-order valence-electron chi connectivity index (χ2n) is 7.74. The zero-order valence-corrected chi connectivity index (χ0v) is 16.1. The Balaban J connectivity index is 1.40. The lowest BCUT2D eigenvalue weighted by Gasteiger charge is -2.31. The molecule has 0 amide bonds. The summed E-state index contributed by atoms with van der Waals surface area (Å²) in [6.45, 7) is 8.04. The van der Waals surface area contributed by atoms with E-state index in [9.17, 15) is 0 Å². The van der Waals surface area contributed by atoms with Gasteiger partial charge in [0.25, 0.3) is 0 Å². The second-order valence-corrected chi connectivity index (χ2v) is 7.74. The van der Waals surface area contributed by atoms with Crippen LogP contribution < -0.4 is 0 Å². The molecule has 3 heterocycles.